The molecular formula is C29H25F3O. The van der Waals surface area contributed by atoms with Gasteiger partial charge in [-0.25, -0.2) is 13.2 Å². The molecule has 0 unspecified atom stereocenters. The van der Waals surface area contributed by atoms with Crippen LogP contribution in [-0.2, 0) is 6.42 Å². The molecule has 0 N–H and O–H groups in total. The van der Waals surface area contributed by atoms with Gasteiger partial charge in [0.05, 0.1) is 12.2 Å². The van der Waals surface area contributed by atoms with Crippen molar-refractivity contribution in [1.82, 2.24) is 0 Å². The standard InChI is InChI=1S/C29H25F3O/c1-3-33-28-14-13-23(16-25(28)30)29-26(31)17-24(18-27(29)32)22-11-9-20(10-12-22)15-19(2)21-7-5-4-6-8-21/h4-14,16-19H,3,15H2,1-2H3/t19-/m1/s1. The van der Waals surface area contributed by atoms with Gasteiger partial charge in [-0.15, -0.1) is 0 Å². The molecule has 0 fully saturated rings. The third-order valence-electron chi connectivity index (χ3n) is 5.76. The second kappa shape index (κ2) is 9.95. The normalized spacial score (nSPS) is 11.9. The Balaban J connectivity index is 1.56. The first-order valence-electron chi connectivity index (χ1n) is 11.0. The maximum Gasteiger partial charge on any atom is 0.165 e. The van der Waals surface area contributed by atoms with Crippen LogP contribution in [0.5, 0.6) is 5.75 Å². The Morgan fingerprint density at radius 2 is 1.30 bits per heavy atom. The summed E-state index contributed by atoms with van der Waals surface area (Å²) in [6.45, 7) is 4.22. The van der Waals surface area contributed by atoms with E-state index in [1.54, 1.807) is 6.92 Å². The highest BCUT2D eigenvalue weighted by Crippen LogP contribution is 2.33. The number of hydrogen-bond acceptors (Lipinski definition) is 1. The Bertz CT molecular complexity index is 1210. The average molecular weight is 447 g/mol. The third kappa shape index (κ3) is 5.11. The molecule has 0 heterocycles. The molecule has 0 aromatic heterocycles. The first-order chi connectivity index (χ1) is 16.0. The highest BCUT2D eigenvalue weighted by atomic mass is 19.1. The van der Waals surface area contributed by atoms with E-state index in [0.717, 1.165) is 18.1 Å². The largest absolute Gasteiger partial charge is 0.491 e. The predicted molar refractivity (Wildman–Crippen MR) is 127 cm³/mol. The monoisotopic (exact) mass is 446 g/mol. The minimum Gasteiger partial charge on any atom is -0.491 e. The van der Waals surface area contributed by atoms with E-state index in [0.29, 0.717) is 23.7 Å². The zero-order valence-electron chi connectivity index (χ0n) is 18.6. The fourth-order valence-corrected chi connectivity index (χ4v) is 4.03. The van der Waals surface area contributed by atoms with Crippen molar-refractivity contribution in [2.75, 3.05) is 6.61 Å². The Kier molecular flexibility index (Phi) is 6.83. The van der Waals surface area contributed by atoms with E-state index in [2.05, 4.69) is 19.1 Å². The Hall–Kier alpha value is -3.53. The van der Waals surface area contributed by atoms with Crippen LogP contribution in [0.3, 0.4) is 0 Å². The maximum absolute atomic E-state index is 14.9. The van der Waals surface area contributed by atoms with Crippen LogP contribution in [0.15, 0.2) is 84.9 Å². The SMILES string of the molecule is CCOc1ccc(-c2c(F)cc(-c3ccc(C[C@@H](C)c4ccccc4)cc3)cc2F)cc1F. The number of benzene rings is 4. The lowest BCUT2D eigenvalue weighted by Crippen LogP contribution is -1.98. The molecule has 0 amide bonds. The van der Waals surface area contributed by atoms with Gasteiger partial charge in [-0.3, -0.25) is 0 Å². The summed E-state index contributed by atoms with van der Waals surface area (Å²) in [6, 6.07) is 24.5. The first-order valence-corrected chi connectivity index (χ1v) is 11.0. The lowest BCUT2D eigenvalue weighted by molar-refractivity contribution is 0.321. The lowest BCUT2D eigenvalue weighted by Gasteiger charge is -2.13. The molecule has 0 spiro atoms. The van der Waals surface area contributed by atoms with Crippen LogP contribution in [0.25, 0.3) is 22.3 Å². The van der Waals surface area contributed by atoms with Gasteiger partial charge in [0, 0.05) is 0 Å². The second-order valence-corrected chi connectivity index (χ2v) is 8.11. The van der Waals surface area contributed by atoms with Gasteiger partial charge in [-0.1, -0.05) is 67.6 Å². The van der Waals surface area contributed by atoms with Gasteiger partial charge in [-0.2, -0.15) is 0 Å². The van der Waals surface area contributed by atoms with Crippen molar-refractivity contribution >= 4 is 0 Å². The minimum atomic E-state index is -0.740. The molecule has 4 rings (SSSR count). The summed E-state index contributed by atoms with van der Waals surface area (Å²) in [5.74, 6) is -1.72. The lowest BCUT2D eigenvalue weighted by atomic mass is 9.92. The summed E-state index contributed by atoms with van der Waals surface area (Å²) in [6.07, 6.45) is 0.870. The summed E-state index contributed by atoms with van der Waals surface area (Å²) in [5, 5.41) is 0. The fraction of sp³-hybridized carbons (Fsp3) is 0.172. The number of ether oxygens (including phenoxy) is 1. The van der Waals surface area contributed by atoms with Crippen molar-refractivity contribution in [3.63, 3.8) is 0 Å². The topological polar surface area (TPSA) is 9.23 Å². The molecule has 4 aromatic carbocycles. The molecule has 33 heavy (non-hydrogen) atoms. The summed E-state index contributed by atoms with van der Waals surface area (Å²) in [4.78, 5) is 0. The summed E-state index contributed by atoms with van der Waals surface area (Å²) >= 11 is 0. The molecule has 0 aliphatic carbocycles. The predicted octanol–water partition coefficient (Wildman–Crippen LogP) is 8.18. The van der Waals surface area contributed by atoms with Crippen LogP contribution in [-0.4, -0.2) is 6.61 Å². The van der Waals surface area contributed by atoms with Gasteiger partial charge in [0.2, 0.25) is 0 Å². The smallest absolute Gasteiger partial charge is 0.165 e. The zero-order chi connectivity index (χ0) is 23.4. The number of halogens is 3. The van der Waals surface area contributed by atoms with Crippen molar-refractivity contribution in [2.45, 2.75) is 26.2 Å². The van der Waals surface area contributed by atoms with E-state index in [4.69, 9.17) is 4.74 Å². The number of rotatable bonds is 7. The van der Waals surface area contributed by atoms with Crippen LogP contribution in [0.4, 0.5) is 13.2 Å². The van der Waals surface area contributed by atoms with Crippen LogP contribution in [0, 0.1) is 17.5 Å². The van der Waals surface area contributed by atoms with Crippen molar-refractivity contribution in [2.24, 2.45) is 0 Å². The van der Waals surface area contributed by atoms with E-state index < -0.39 is 17.5 Å². The van der Waals surface area contributed by atoms with Crippen LogP contribution >= 0.6 is 0 Å². The van der Waals surface area contributed by atoms with Gasteiger partial charge in [0.25, 0.3) is 0 Å². The highest BCUT2D eigenvalue weighted by molar-refractivity contribution is 5.72. The molecule has 0 aliphatic rings. The average Bonchev–Trinajstić information content (AvgIpc) is 2.81. The molecule has 4 aromatic rings. The highest BCUT2D eigenvalue weighted by Gasteiger charge is 2.16. The van der Waals surface area contributed by atoms with E-state index in [9.17, 15) is 13.2 Å². The summed E-state index contributed by atoms with van der Waals surface area (Å²) in [5.41, 5.74) is 3.44. The molecule has 0 saturated heterocycles. The van der Waals surface area contributed by atoms with Crippen molar-refractivity contribution in [3.05, 3.63) is 114 Å². The molecule has 168 valence electrons. The molecule has 1 nitrogen and oxygen atoms in total. The maximum atomic E-state index is 14.9. The van der Waals surface area contributed by atoms with E-state index in [1.165, 1.54) is 29.8 Å². The van der Waals surface area contributed by atoms with Crippen molar-refractivity contribution in [3.8, 4) is 28.0 Å². The second-order valence-electron chi connectivity index (χ2n) is 8.11. The number of hydrogen-bond donors (Lipinski definition) is 0. The molecule has 0 radical (unpaired) electrons. The van der Waals surface area contributed by atoms with Gasteiger partial charge < -0.3 is 4.74 Å². The third-order valence-corrected chi connectivity index (χ3v) is 5.76. The summed E-state index contributed by atoms with van der Waals surface area (Å²) < 4.78 is 49.2. The molecule has 0 aliphatic heterocycles. The quantitative estimate of drug-likeness (QED) is 0.278. The van der Waals surface area contributed by atoms with Gasteiger partial charge in [-0.05, 0) is 71.3 Å². The molecule has 0 saturated carbocycles. The van der Waals surface area contributed by atoms with Crippen molar-refractivity contribution < 1.29 is 17.9 Å². The van der Waals surface area contributed by atoms with Gasteiger partial charge >= 0.3 is 0 Å². The van der Waals surface area contributed by atoms with Crippen molar-refractivity contribution in [1.29, 1.82) is 0 Å². The Labute approximate surface area is 192 Å². The van der Waals surface area contributed by atoms with E-state index in [1.807, 2.05) is 42.5 Å². The fourth-order valence-electron chi connectivity index (χ4n) is 4.03. The molecular weight excluding hydrogens is 421 g/mol. The Morgan fingerprint density at radius 3 is 1.91 bits per heavy atom. The Morgan fingerprint density at radius 1 is 0.697 bits per heavy atom. The van der Waals surface area contributed by atoms with Gasteiger partial charge in [0.15, 0.2) is 11.6 Å². The van der Waals surface area contributed by atoms with Crippen LogP contribution < -0.4 is 4.74 Å². The van der Waals surface area contributed by atoms with E-state index >= 15 is 0 Å². The van der Waals surface area contributed by atoms with Crippen LogP contribution in [0.2, 0.25) is 0 Å². The summed E-state index contributed by atoms with van der Waals surface area (Å²) in [7, 11) is 0. The van der Waals surface area contributed by atoms with E-state index in [-0.39, 0.29) is 16.9 Å². The molecule has 4 heteroatoms. The minimum absolute atomic E-state index is 0.0559. The van der Waals surface area contributed by atoms with Crippen LogP contribution in [0.1, 0.15) is 30.9 Å². The van der Waals surface area contributed by atoms with Gasteiger partial charge in [0.1, 0.15) is 11.6 Å². The molecule has 1 atom stereocenters. The first kappa shape index (κ1) is 22.7. The molecule has 0 bridgehead atoms. The zero-order valence-corrected chi connectivity index (χ0v) is 18.6.